The van der Waals surface area contributed by atoms with Crippen LogP contribution in [0.15, 0.2) is 39.5 Å². The monoisotopic (exact) mass is 293 g/mol. The minimum Gasteiger partial charge on any atom is -0.452 e. The molecule has 0 radical (unpaired) electrons. The quantitative estimate of drug-likeness (QED) is 0.925. The lowest BCUT2D eigenvalue weighted by Crippen LogP contribution is -2.08. The molecule has 1 aliphatic rings. The molecular weight excluding hydrogens is 282 g/mol. The molecule has 0 amide bonds. The number of fused-ring (bicyclic) bond motifs is 1. The van der Waals surface area contributed by atoms with Gasteiger partial charge in [-0.15, -0.1) is 0 Å². The van der Waals surface area contributed by atoms with Crippen LogP contribution in [0, 0.1) is 0 Å². The number of furan rings is 1. The van der Waals surface area contributed by atoms with E-state index in [2.05, 4.69) is 27.0 Å². The van der Waals surface area contributed by atoms with Crippen LogP contribution in [0.5, 0.6) is 0 Å². The molecule has 2 atom stereocenters. The maximum atomic E-state index is 10.3. The lowest BCUT2D eigenvalue weighted by Gasteiger charge is -2.15. The smallest absolute Gasteiger partial charge is 0.169 e. The molecule has 1 aliphatic carbocycles. The zero-order chi connectivity index (χ0) is 11.8. The molecule has 2 aromatic rings. The van der Waals surface area contributed by atoms with E-state index in [0.717, 1.165) is 18.5 Å². The van der Waals surface area contributed by atoms with Crippen molar-refractivity contribution in [3.63, 3.8) is 0 Å². The third-order valence-corrected chi connectivity index (χ3v) is 3.69. The van der Waals surface area contributed by atoms with E-state index in [1.54, 1.807) is 18.3 Å². The summed E-state index contributed by atoms with van der Waals surface area (Å²) in [7, 11) is 0. The minimum absolute atomic E-state index is 0.0456. The summed E-state index contributed by atoms with van der Waals surface area (Å²) in [6.07, 6.45) is 3.07. The SMILES string of the molecule is OC(c1ccc(Br)o1)C1CCc2cccnc21. The van der Waals surface area contributed by atoms with E-state index in [-0.39, 0.29) is 5.92 Å². The van der Waals surface area contributed by atoms with Gasteiger partial charge in [-0.3, -0.25) is 4.98 Å². The summed E-state index contributed by atoms with van der Waals surface area (Å²) in [5, 5.41) is 10.3. The van der Waals surface area contributed by atoms with Crippen molar-refractivity contribution < 1.29 is 9.52 Å². The summed E-state index contributed by atoms with van der Waals surface area (Å²) in [5.41, 5.74) is 2.25. The first-order valence-corrected chi connectivity index (χ1v) is 6.42. The standard InChI is InChI=1S/C13H12BrNO2/c14-11-6-5-10(17-11)13(16)9-4-3-8-2-1-7-15-12(8)9/h1-2,5-7,9,13,16H,3-4H2. The zero-order valence-corrected chi connectivity index (χ0v) is 10.7. The van der Waals surface area contributed by atoms with E-state index in [4.69, 9.17) is 4.42 Å². The maximum absolute atomic E-state index is 10.3. The molecular formula is C13H12BrNO2. The fourth-order valence-corrected chi connectivity index (χ4v) is 2.76. The van der Waals surface area contributed by atoms with Crippen LogP contribution in [0.4, 0.5) is 0 Å². The van der Waals surface area contributed by atoms with Gasteiger partial charge in [0.1, 0.15) is 11.9 Å². The molecule has 0 aromatic carbocycles. The number of nitrogens with zero attached hydrogens (tertiary/aromatic N) is 1. The van der Waals surface area contributed by atoms with E-state index in [1.165, 1.54) is 5.56 Å². The average molecular weight is 294 g/mol. The zero-order valence-electron chi connectivity index (χ0n) is 9.14. The topological polar surface area (TPSA) is 46.3 Å². The summed E-state index contributed by atoms with van der Waals surface area (Å²) >= 11 is 3.25. The number of pyridine rings is 1. The van der Waals surface area contributed by atoms with Crippen molar-refractivity contribution >= 4 is 15.9 Å². The van der Waals surface area contributed by atoms with E-state index < -0.39 is 6.10 Å². The Morgan fingerprint density at radius 1 is 1.41 bits per heavy atom. The van der Waals surface area contributed by atoms with Crippen molar-refractivity contribution in [3.05, 3.63) is 52.1 Å². The van der Waals surface area contributed by atoms with E-state index in [1.807, 2.05) is 6.07 Å². The number of aliphatic hydroxyl groups excluding tert-OH is 1. The Hall–Kier alpha value is -1.13. The van der Waals surface area contributed by atoms with Crippen LogP contribution in [0.3, 0.4) is 0 Å². The number of aryl methyl sites for hydroxylation is 1. The van der Waals surface area contributed by atoms with Crippen molar-refractivity contribution in [2.75, 3.05) is 0 Å². The molecule has 0 saturated heterocycles. The van der Waals surface area contributed by atoms with Gasteiger partial charge in [0.15, 0.2) is 4.67 Å². The Labute approximate surface area is 108 Å². The Kier molecular flexibility index (Phi) is 2.76. The molecule has 0 fully saturated rings. The number of halogens is 1. The van der Waals surface area contributed by atoms with Gasteiger partial charge in [-0.1, -0.05) is 6.07 Å². The van der Waals surface area contributed by atoms with E-state index in [0.29, 0.717) is 10.4 Å². The number of hydrogen-bond donors (Lipinski definition) is 1. The second-order valence-electron chi connectivity index (χ2n) is 4.28. The Morgan fingerprint density at radius 3 is 3.06 bits per heavy atom. The van der Waals surface area contributed by atoms with Gasteiger partial charge < -0.3 is 9.52 Å². The van der Waals surface area contributed by atoms with E-state index >= 15 is 0 Å². The van der Waals surface area contributed by atoms with Gasteiger partial charge in [-0.05, 0) is 52.5 Å². The first kappa shape index (κ1) is 11.0. The number of aliphatic hydroxyl groups is 1. The summed E-state index contributed by atoms with van der Waals surface area (Å²) in [6, 6.07) is 7.62. The van der Waals surface area contributed by atoms with Gasteiger partial charge in [0.05, 0.1) is 0 Å². The second kappa shape index (κ2) is 4.27. The molecule has 0 bridgehead atoms. The van der Waals surface area contributed by atoms with Crippen LogP contribution in [0.1, 0.15) is 35.5 Å². The van der Waals surface area contributed by atoms with Crippen molar-refractivity contribution in [1.29, 1.82) is 0 Å². The highest BCUT2D eigenvalue weighted by atomic mass is 79.9. The van der Waals surface area contributed by atoms with Gasteiger partial charge in [-0.2, -0.15) is 0 Å². The number of rotatable bonds is 2. The van der Waals surface area contributed by atoms with Crippen LogP contribution < -0.4 is 0 Å². The molecule has 1 N–H and O–H groups in total. The van der Waals surface area contributed by atoms with Crippen LogP contribution in [0.2, 0.25) is 0 Å². The highest BCUT2D eigenvalue weighted by Gasteiger charge is 2.32. The molecule has 0 spiro atoms. The van der Waals surface area contributed by atoms with Crippen molar-refractivity contribution in [2.24, 2.45) is 0 Å². The molecule has 2 unspecified atom stereocenters. The van der Waals surface area contributed by atoms with Crippen LogP contribution in [-0.2, 0) is 6.42 Å². The Morgan fingerprint density at radius 2 is 2.29 bits per heavy atom. The van der Waals surface area contributed by atoms with Gasteiger partial charge >= 0.3 is 0 Å². The lowest BCUT2D eigenvalue weighted by molar-refractivity contribution is 0.117. The number of hydrogen-bond acceptors (Lipinski definition) is 3. The molecule has 4 heteroatoms. The van der Waals surface area contributed by atoms with Crippen molar-refractivity contribution in [1.82, 2.24) is 4.98 Å². The molecule has 17 heavy (non-hydrogen) atoms. The van der Waals surface area contributed by atoms with Crippen LogP contribution >= 0.6 is 15.9 Å². The normalized spacial score (nSPS) is 20.2. The number of aromatic nitrogens is 1. The fourth-order valence-electron chi connectivity index (χ4n) is 2.44. The van der Waals surface area contributed by atoms with Gasteiger partial charge in [0, 0.05) is 17.8 Å². The van der Waals surface area contributed by atoms with Crippen LogP contribution in [-0.4, -0.2) is 10.1 Å². The molecule has 0 aliphatic heterocycles. The van der Waals surface area contributed by atoms with Crippen LogP contribution in [0.25, 0.3) is 0 Å². The Bertz CT molecular complexity index is 538. The summed E-state index contributed by atoms with van der Waals surface area (Å²) in [4.78, 5) is 4.38. The predicted molar refractivity (Wildman–Crippen MR) is 66.7 cm³/mol. The Balaban J connectivity index is 1.92. The highest BCUT2D eigenvalue weighted by molar-refractivity contribution is 9.10. The van der Waals surface area contributed by atoms with Crippen molar-refractivity contribution in [2.45, 2.75) is 24.9 Å². The molecule has 88 valence electrons. The molecule has 0 saturated carbocycles. The average Bonchev–Trinajstić information content (AvgIpc) is 2.94. The molecule has 3 nitrogen and oxygen atoms in total. The summed E-state index contributed by atoms with van der Waals surface area (Å²) in [6.45, 7) is 0. The fraction of sp³-hybridized carbons (Fsp3) is 0.308. The maximum Gasteiger partial charge on any atom is 0.169 e. The molecule has 2 heterocycles. The summed E-state index contributed by atoms with van der Waals surface area (Å²) in [5.74, 6) is 0.643. The molecule has 2 aromatic heterocycles. The van der Waals surface area contributed by atoms with Gasteiger partial charge in [-0.25, -0.2) is 0 Å². The summed E-state index contributed by atoms with van der Waals surface area (Å²) < 4.78 is 6.06. The van der Waals surface area contributed by atoms with Gasteiger partial charge in [0.2, 0.25) is 0 Å². The third-order valence-electron chi connectivity index (χ3n) is 3.27. The van der Waals surface area contributed by atoms with E-state index in [9.17, 15) is 5.11 Å². The van der Waals surface area contributed by atoms with Gasteiger partial charge in [0.25, 0.3) is 0 Å². The lowest BCUT2D eigenvalue weighted by atomic mass is 9.98. The third kappa shape index (κ3) is 1.91. The molecule has 3 rings (SSSR count). The highest BCUT2D eigenvalue weighted by Crippen LogP contribution is 2.40. The largest absolute Gasteiger partial charge is 0.452 e. The first-order valence-electron chi connectivity index (χ1n) is 5.63. The van der Waals surface area contributed by atoms with Crippen molar-refractivity contribution in [3.8, 4) is 0 Å². The first-order chi connectivity index (χ1) is 8.25. The second-order valence-corrected chi connectivity index (χ2v) is 5.06. The minimum atomic E-state index is -0.613. The predicted octanol–water partition coefficient (Wildman–Crippen LogP) is 3.20.